The number of benzene rings is 1. The standard InChI is InChI=1S/C15H16F2N2O3S/c1-3-5-12(20)18-15-19(8-13(21)22-4-2)14-10(17)6-9(16)7-11(14)23-15/h6-7H,3-5,8H2,1-2H3. The third-order valence-corrected chi connectivity index (χ3v) is 4.00. The Morgan fingerprint density at radius 1 is 1.30 bits per heavy atom. The quantitative estimate of drug-likeness (QED) is 0.785. The maximum absolute atomic E-state index is 14.1. The molecule has 1 aromatic carbocycles. The van der Waals surface area contributed by atoms with Crippen molar-refractivity contribution in [3.05, 3.63) is 28.6 Å². The summed E-state index contributed by atoms with van der Waals surface area (Å²) in [7, 11) is 0. The first-order chi connectivity index (χ1) is 11.0. The van der Waals surface area contributed by atoms with Gasteiger partial charge in [0.15, 0.2) is 10.6 Å². The summed E-state index contributed by atoms with van der Waals surface area (Å²) >= 11 is 0.954. The highest BCUT2D eigenvalue weighted by molar-refractivity contribution is 7.16. The van der Waals surface area contributed by atoms with E-state index in [9.17, 15) is 18.4 Å². The van der Waals surface area contributed by atoms with Crippen LogP contribution in [0.25, 0.3) is 10.2 Å². The first-order valence-electron chi connectivity index (χ1n) is 7.17. The van der Waals surface area contributed by atoms with E-state index in [2.05, 4.69) is 4.99 Å². The van der Waals surface area contributed by atoms with Gasteiger partial charge < -0.3 is 9.30 Å². The molecule has 0 fully saturated rings. The van der Waals surface area contributed by atoms with Gasteiger partial charge in [-0.1, -0.05) is 18.3 Å². The van der Waals surface area contributed by atoms with Crippen LogP contribution >= 0.6 is 11.3 Å². The van der Waals surface area contributed by atoms with Crippen LogP contribution in [0.2, 0.25) is 0 Å². The predicted octanol–water partition coefficient (Wildman–Crippen LogP) is 2.77. The van der Waals surface area contributed by atoms with E-state index in [1.54, 1.807) is 6.92 Å². The third kappa shape index (κ3) is 4.01. The van der Waals surface area contributed by atoms with E-state index >= 15 is 0 Å². The Balaban J connectivity index is 2.62. The molecule has 0 bridgehead atoms. The molecule has 0 atom stereocenters. The molecule has 0 aliphatic rings. The lowest BCUT2D eigenvalue weighted by Crippen LogP contribution is -2.23. The Morgan fingerprint density at radius 3 is 2.70 bits per heavy atom. The van der Waals surface area contributed by atoms with E-state index in [0.717, 1.165) is 23.5 Å². The zero-order valence-corrected chi connectivity index (χ0v) is 13.6. The Labute approximate surface area is 135 Å². The number of thiazole rings is 1. The average Bonchev–Trinajstić information content (AvgIpc) is 2.76. The molecule has 2 rings (SSSR count). The fourth-order valence-corrected chi connectivity index (χ4v) is 3.16. The maximum atomic E-state index is 14.1. The van der Waals surface area contributed by atoms with Gasteiger partial charge in [-0.15, -0.1) is 0 Å². The summed E-state index contributed by atoms with van der Waals surface area (Å²) < 4.78 is 33.9. The monoisotopic (exact) mass is 342 g/mol. The summed E-state index contributed by atoms with van der Waals surface area (Å²) in [6.07, 6.45) is 0.860. The molecule has 0 radical (unpaired) electrons. The molecule has 23 heavy (non-hydrogen) atoms. The minimum absolute atomic E-state index is 0.0347. The van der Waals surface area contributed by atoms with Crippen molar-refractivity contribution in [1.29, 1.82) is 0 Å². The number of rotatable bonds is 5. The first kappa shape index (κ1) is 17.3. The van der Waals surface area contributed by atoms with Crippen molar-refractivity contribution in [2.75, 3.05) is 6.61 Å². The number of fused-ring (bicyclic) bond motifs is 1. The van der Waals surface area contributed by atoms with Crippen molar-refractivity contribution in [3.63, 3.8) is 0 Å². The largest absolute Gasteiger partial charge is 0.465 e. The van der Waals surface area contributed by atoms with Crippen LogP contribution in [0.3, 0.4) is 0 Å². The topological polar surface area (TPSA) is 60.7 Å². The fourth-order valence-electron chi connectivity index (χ4n) is 2.07. The summed E-state index contributed by atoms with van der Waals surface area (Å²) in [5.41, 5.74) is 0.0347. The number of hydrogen-bond donors (Lipinski definition) is 0. The highest BCUT2D eigenvalue weighted by atomic mass is 32.1. The van der Waals surface area contributed by atoms with Crippen LogP contribution in [0.4, 0.5) is 8.78 Å². The van der Waals surface area contributed by atoms with Gasteiger partial charge in [0.25, 0.3) is 0 Å². The minimum atomic E-state index is -0.815. The molecule has 0 saturated heterocycles. The molecule has 5 nitrogen and oxygen atoms in total. The van der Waals surface area contributed by atoms with Crippen molar-refractivity contribution in [2.45, 2.75) is 33.2 Å². The van der Waals surface area contributed by atoms with E-state index < -0.39 is 17.6 Å². The Bertz CT molecular complexity index is 811. The van der Waals surface area contributed by atoms with Crippen LogP contribution in [0.5, 0.6) is 0 Å². The molecule has 0 unspecified atom stereocenters. The Hall–Kier alpha value is -2.09. The van der Waals surface area contributed by atoms with Crippen LogP contribution in [-0.4, -0.2) is 23.1 Å². The van der Waals surface area contributed by atoms with Gasteiger partial charge in [0.1, 0.15) is 12.4 Å². The highest BCUT2D eigenvalue weighted by Gasteiger charge is 2.16. The summed E-state index contributed by atoms with van der Waals surface area (Å²) in [5.74, 6) is -2.51. The number of aromatic nitrogens is 1. The molecule has 2 aromatic rings. The second kappa shape index (κ2) is 7.45. The summed E-state index contributed by atoms with van der Waals surface area (Å²) in [6, 6.07) is 1.88. The van der Waals surface area contributed by atoms with Crippen LogP contribution < -0.4 is 4.80 Å². The van der Waals surface area contributed by atoms with Gasteiger partial charge in [0, 0.05) is 12.5 Å². The molecule has 0 aliphatic heterocycles. The molecule has 124 valence electrons. The molecule has 1 heterocycles. The number of amides is 1. The van der Waals surface area contributed by atoms with E-state index in [4.69, 9.17) is 4.74 Å². The second-order valence-corrected chi connectivity index (χ2v) is 5.77. The van der Waals surface area contributed by atoms with Gasteiger partial charge in [0.05, 0.1) is 16.8 Å². The zero-order valence-electron chi connectivity index (χ0n) is 12.8. The van der Waals surface area contributed by atoms with Gasteiger partial charge in [-0.25, -0.2) is 8.78 Å². The predicted molar refractivity (Wildman–Crippen MR) is 81.8 cm³/mol. The smallest absolute Gasteiger partial charge is 0.326 e. The molecule has 0 N–H and O–H groups in total. The van der Waals surface area contributed by atoms with Crippen molar-refractivity contribution in [1.82, 2.24) is 4.57 Å². The van der Waals surface area contributed by atoms with Crippen molar-refractivity contribution >= 4 is 33.4 Å². The SMILES string of the molecule is CCCC(=O)N=c1sc2cc(F)cc(F)c2n1CC(=O)OCC. The molecule has 1 aromatic heterocycles. The van der Waals surface area contributed by atoms with Gasteiger partial charge in [-0.2, -0.15) is 4.99 Å². The fraction of sp³-hybridized carbons (Fsp3) is 0.400. The molecular formula is C15H16F2N2O3S. The lowest BCUT2D eigenvalue weighted by molar-refractivity contribution is -0.143. The lowest BCUT2D eigenvalue weighted by atomic mass is 10.3. The number of esters is 1. The molecule has 0 saturated carbocycles. The average molecular weight is 342 g/mol. The lowest BCUT2D eigenvalue weighted by Gasteiger charge is -2.05. The summed E-state index contributed by atoms with van der Waals surface area (Å²) in [5, 5.41) is 0. The van der Waals surface area contributed by atoms with Crippen molar-refractivity contribution in [2.24, 2.45) is 4.99 Å². The van der Waals surface area contributed by atoms with Gasteiger partial charge in [-0.05, 0) is 19.4 Å². The molecule has 0 aliphatic carbocycles. The van der Waals surface area contributed by atoms with Crippen LogP contribution in [0, 0.1) is 11.6 Å². The van der Waals surface area contributed by atoms with Gasteiger partial charge in [0.2, 0.25) is 5.91 Å². The third-order valence-electron chi connectivity index (χ3n) is 2.97. The van der Waals surface area contributed by atoms with E-state index in [-0.39, 0.29) is 40.5 Å². The first-order valence-corrected chi connectivity index (χ1v) is 7.99. The second-order valence-electron chi connectivity index (χ2n) is 4.77. The van der Waals surface area contributed by atoms with E-state index in [0.29, 0.717) is 6.42 Å². The Morgan fingerprint density at radius 2 is 2.04 bits per heavy atom. The Kier molecular flexibility index (Phi) is 5.59. The van der Waals surface area contributed by atoms with Crippen LogP contribution in [0.1, 0.15) is 26.7 Å². The summed E-state index contributed by atoms with van der Waals surface area (Å²) in [4.78, 5) is 27.5. The van der Waals surface area contributed by atoms with Crippen LogP contribution in [-0.2, 0) is 20.9 Å². The minimum Gasteiger partial charge on any atom is -0.465 e. The molecule has 1 amide bonds. The number of ether oxygens (including phenoxy) is 1. The maximum Gasteiger partial charge on any atom is 0.326 e. The number of hydrogen-bond acceptors (Lipinski definition) is 4. The highest BCUT2D eigenvalue weighted by Crippen LogP contribution is 2.22. The normalized spacial score (nSPS) is 11.9. The van der Waals surface area contributed by atoms with Crippen LogP contribution in [0.15, 0.2) is 17.1 Å². The molecule has 8 heteroatoms. The van der Waals surface area contributed by atoms with Crippen molar-refractivity contribution in [3.8, 4) is 0 Å². The van der Waals surface area contributed by atoms with E-state index in [1.807, 2.05) is 6.92 Å². The van der Waals surface area contributed by atoms with Gasteiger partial charge in [-0.3, -0.25) is 9.59 Å². The zero-order chi connectivity index (χ0) is 17.0. The molecular weight excluding hydrogens is 326 g/mol. The number of carbonyl (C=O) groups is 2. The van der Waals surface area contributed by atoms with E-state index in [1.165, 1.54) is 4.57 Å². The number of nitrogens with zero attached hydrogens (tertiary/aromatic N) is 2. The number of halogens is 2. The van der Waals surface area contributed by atoms with Gasteiger partial charge >= 0.3 is 5.97 Å². The number of carbonyl (C=O) groups excluding carboxylic acids is 2. The summed E-state index contributed by atoms with van der Waals surface area (Å²) in [6.45, 7) is 3.37. The van der Waals surface area contributed by atoms with Crippen molar-refractivity contribution < 1.29 is 23.1 Å². The molecule has 0 spiro atoms.